The Bertz CT molecular complexity index is 168. The molecule has 0 bridgehead atoms. The molecule has 0 amide bonds. The van der Waals surface area contributed by atoms with E-state index in [9.17, 15) is 4.79 Å². The molecule has 0 fully saturated rings. The first-order valence-corrected chi connectivity index (χ1v) is 4.12. The zero-order valence-electron chi connectivity index (χ0n) is 8.45. The predicted molar refractivity (Wildman–Crippen MR) is 50.5 cm³/mol. The van der Waals surface area contributed by atoms with E-state index in [0.29, 0.717) is 6.61 Å². The van der Waals surface area contributed by atoms with Gasteiger partial charge in [-0.05, 0) is 7.05 Å². The van der Waals surface area contributed by atoms with E-state index in [-0.39, 0.29) is 5.97 Å². The van der Waals surface area contributed by atoms with Crippen LogP contribution < -0.4 is 0 Å². The van der Waals surface area contributed by atoms with Gasteiger partial charge >= 0.3 is 5.97 Å². The molecule has 0 saturated heterocycles. The summed E-state index contributed by atoms with van der Waals surface area (Å²) in [5, 5.41) is 0. The molecule has 0 atom stereocenters. The lowest BCUT2D eigenvalue weighted by Gasteiger charge is -2.12. The highest BCUT2D eigenvalue weighted by Gasteiger charge is 1.95. The van der Waals surface area contributed by atoms with Crippen LogP contribution in [-0.4, -0.2) is 51.8 Å². The zero-order valence-corrected chi connectivity index (χ0v) is 8.45. The van der Waals surface area contributed by atoms with Crippen LogP contribution in [-0.2, 0) is 14.3 Å². The number of carbonyl (C=O) groups excluding carboxylic acids is 1. The average molecular weight is 187 g/mol. The van der Waals surface area contributed by atoms with Crippen molar-refractivity contribution >= 4 is 5.97 Å². The minimum atomic E-state index is -0.319. The molecule has 0 spiro atoms. The molecular weight excluding hydrogens is 170 g/mol. The lowest BCUT2D eigenvalue weighted by atomic mass is 10.4. The van der Waals surface area contributed by atoms with Gasteiger partial charge in [0.2, 0.25) is 0 Å². The van der Waals surface area contributed by atoms with Crippen LogP contribution in [0.1, 0.15) is 0 Å². The number of rotatable bonds is 6. The number of nitrogens with zero attached hydrogens (tertiary/aromatic N) is 1. The highest BCUT2D eigenvalue weighted by Crippen LogP contribution is 1.85. The maximum atomic E-state index is 10.7. The first kappa shape index (κ1) is 12.1. The van der Waals surface area contributed by atoms with E-state index in [1.807, 2.05) is 11.9 Å². The van der Waals surface area contributed by atoms with Gasteiger partial charge in [-0.25, -0.2) is 4.79 Å². The molecule has 0 aliphatic carbocycles. The van der Waals surface area contributed by atoms with E-state index >= 15 is 0 Å². The highest BCUT2D eigenvalue weighted by molar-refractivity contribution is 5.81. The third-order valence-corrected chi connectivity index (χ3v) is 1.55. The zero-order chi connectivity index (χ0) is 10.1. The Labute approximate surface area is 79.1 Å². The minimum Gasteiger partial charge on any atom is -0.466 e. The molecular formula is C9H17NO3. The van der Waals surface area contributed by atoms with Crippen molar-refractivity contribution in [2.24, 2.45) is 0 Å². The molecule has 0 aromatic rings. The Hall–Kier alpha value is -0.870. The molecule has 4 heteroatoms. The quantitative estimate of drug-likeness (QED) is 0.442. The predicted octanol–water partition coefficient (Wildman–Crippen LogP) is 0.294. The van der Waals surface area contributed by atoms with Crippen molar-refractivity contribution in [1.82, 2.24) is 4.90 Å². The molecule has 0 rings (SSSR count). The number of hydrogen-bond donors (Lipinski definition) is 0. The van der Waals surface area contributed by atoms with E-state index in [1.165, 1.54) is 13.2 Å². The largest absolute Gasteiger partial charge is 0.466 e. The van der Waals surface area contributed by atoms with Crippen molar-refractivity contribution in [3.05, 3.63) is 12.2 Å². The SMILES string of the molecule is COCCN(C)CC=CC(=O)OC. The summed E-state index contributed by atoms with van der Waals surface area (Å²) in [4.78, 5) is 12.7. The second-order valence-corrected chi connectivity index (χ2v) is 2.68. The Morgan fingerprint density at radius 1 is 1.46 bits per heavy atom. The summed E-state index contributed by atoms with van der Waals surface area (Å²) in [6.45, 7) is 2.27. The molecule has 0 heterocycles. The molecule has 0 saturated carbocycles. The number of ether oxygens (including phenoxy) is 2. The van der Waals surface area contributed by atoms with Crippen LogP contribution in [0.25, 0.3) is 0 Å². The van der Waals surface area contributed by atoms with Crippen LogP contribution in [0, 0.1) is 0 Å². The normalized spacial score (nSPS) is 11.1. The first-order valence-electron chi connectivity index (χ1n) is 4.12. The highest BCUT2D eigenvalue weighted by atomic mass is 16.5. The van der Waals surface area contributed by atoms with Crippen molar-refractivity contribution in [3.8, 4) is 0 Å². The monoisotopic (exact) mass is 187 g/mol. The van der Waals surface area contributed by atoms with Gasteiger partial charge in [0.15, 0.2) is 0 Å². The van der Waals surface area contributed by atoms with Crippen molar-refractivity contribution in [3.63, 3.8) is 0 Å². The van der Waals surface area contributed by atoms with E-state index in [4.69, 9.17) is 4.74 Å². The van der Waals surface area contributed by atoms with Crippen molar-refractivity contribution in [1.29, 1.82) is 0 Å². The van der Waals surface area contributed by atoms with Crippen LogP contribution in [0.5, 0.6) is 0 Å². The molecule has 0 aromatic carbocycles. The smallest absolute Gasteiger partial charge is 0.330 e. The van der Waals surface area contributed by atoms with Crippen molar-refractivity contribution in [2.45, 2.75) is 0 Å². The van der Waals surface area contributed by atoms with Crippen LogP contribution >= 0.6 is 0 Å². The molecule has 76 valence electrons. The van der Waals surface area contributed by atoms with E-state index < -0.39 is 0 Å². The summed E-state index contributed by atoms with van der Waals surface area (Å²) in [5.41, 5.74) is 0. The maximum Gasteiger partial charge on any atom is 0.330 e. The lowest BCUT2D eigenvalue weighted by Crippen LogP contribution is -2.22. The maximum absolute atomic E-state index is 10.7. The van der Waals surface area contributed by atoms with Crippen LogP contribution in [0.2, 0.25) is 0 Å². The standard InChI is InChI=1S/C9H17NO3/c1-10(7-8-12-2)6-4-5-9(11)13-3/h4-5H,6-8H2,1-3H3. The molecule has 0 radical (unpaired) electrons. The Morgan fingerprint density at radius 3 is 2.69 bits per heavy atom. The number of methoxy groups -OCH3 is 2. The van der Waals surface area contributed by atoms with Gasteiger partial charge in [-0.1, -0.05) is 6.08 Å². The molecule has 4 nitrogen and oxygen atoms in total. The Balaban J connectivity index is 3.50. The number of likely N-dealkylation sites (N-methyl/N-ethyl adjacent to an activating group) is 1. The summed E-state index contributed by atoms with van der Waals surface area (Å²) >= 11 is 0. The first-order chi connectivity index (χ1) is 6.20. The second kappa shape index (κ2) is 7.76. The van der Waals surface area contributed by atoms with Crippen LogP contribution in [0.3, 0.4) is 0 Å². The van der Waals surface area contributed by atoms with Crippen LogP contribution in [0.15, 0.2) is 12.2 Å². The van der Waals surface area contributed by atoms with E-state index in [1.54, 1.807) is 13.2 Å². The fourth-order valence-electron chi connectivity index (χ4n) is 0.735. The number of hydrogen-bond acceptors (Lipinski definition) is 4. The van der Waals surface area contributed by atoms with Gasteiger partial charge in [0.05, 0.1) is 13.7 Å². The van der Waals surface area contributed by atoms with Crippen molar-refractivity contribution < 1.29 is 14.3 Å². The molecule has 13 heavy (non-hydrogen) atoms. The van der Waals surface area contributed by atoms with Gasteiger partial charge in [-0.15, -0.1) is 0 Å². The number of esters is 1. The molecule has 0 unspecified atom stereocenters. The van der Waals surface area contributed by atoms with Gasteiger partial charge in [0, 0.05) is 26.3 Å². The van der Waals surface area contributed by atoms with E-state index in [0.717, 1.165) is 13.1 Å². The van der Waals surface area contributed by atoms with Gasteiger partial charge in [0.25, 0.3) is 0 Å². The number of carbonyl (C=O) groups is 1. The minimum absolute atomic E-state index is 0.319. The van der Waals surface area contributed by atoms with Gasteiger partial charge < -0.3 is 14.4 Å². The summed E-state index contributed by atoms with van der Waals surface area (Å²) in [7, 11) is 4.99. The summed E-state index contributed by atoms with van der Waals surface area (Å²) < 4.78 is 9.35. The molecule has 0 N–H and O–H groups in total. The molecule has 0 aliphatic heterocycles. The summed E-state index contributed by atoms with van der Waals surface area (Å²) in [6, 6.07) is 0. The fourth-order valence-corrected chi connectivity index (χ4v) is 0.735. The molecule has 0 aliphatic rings. The van der Waals surface area contributed by atoms with Gasteiger partial charge in [0.1, 0.15) is 0 Å². The third-order valence-electron chi connectivity index (χ3n) is 1.55. The van der Waals surface area contributed by atoms with E-state index in [2.05, 4.69) is 4.74 Å². The molecule has 0 aromatic heterocycles. The topological polar surface area (TPSA) is 38.8 Å². The second-order valence-electron chi connectivity index (χ2n) is 2.68. The summed E-state index contributed by atoms with van der Waals surface area (Å²) in [5.74, 6) is -0.319. The Morgan fingerprint density at radius 2 is 2.15 bits per heavy atom. The van der Waals surface area contributed by atoms with Crippen molar-refractivity contribution in [2.75, 3.05) is 41.0 Å². The summed E-state index contributed by atoms with van der Waals surface area (Å²) in [6.07, 6.45) is 3.19. The van der Waals surface area contributed by atoms with Gasteiger partial charge in [-0.3, -0.25) is 0 Å². The average Bonchev–Trinajstić information content (AvgIpc) is 2.14. The third kappa shape index (κ3) is 7.49. The Kier molecular flexibility index (Phi) is 7.24. The van der Waals surface area contributed by atoms with Crippen LogP contribution in [0.4, 0.5) is 0 Å². The lowest BCUT2D eigenvalue weighted by molar-refractivity contribution is -0.134. The fraction of sp³-hybridized carbons (Fsp3) is 0.667. The van der Waals surface area contributed by atoms with Gasteiger partial charge in [-0.2, -0.15) is 0 Å².